The molecule has 0 saturated carbocycles. The lowest BCUT2D eigenvalue weighted by Gasteiger charge is -2.08. The van der Waals surface area contributed by atoms with Crippen molar-refractivity contribution in [1.82, 2.24) is 0 Å². The summed E-state index contributed by atoms with van der Waals surface area (Å²) in [5.41, 5.74) is 2.41. The van der Waals surface area contributed by atoms with E-state index in [9.17, 15) is 0 Å². The van der Waals surface area contributed by atoms with Gasteiger partial charge in [0.15, 0.2) is 0 Å². The van der Waals surface area contributed by atoms with Crippen molar-refractivity contribution in [2.24, 2.45) is 0 Å². The predicted octanol–water partition coefficient (Wildman–Crippen LogP) is 5.54. The molecule has 88 valence electrons. The van der Waals surface area contributed by atoms with Gasteiger partial charge in [0.05, 0.1) is 0 Å². The molecule has 0 aliphatic carbocycles. The van der Waals surface area contributed by atoms with Crippen molar-refractivity contribution in [2.45, 2.75) is 22.6 Å². The normalized spacial score (nSPS) is 10.5. The van der Waals surface area contributed by atoms with Crippen LogP contribution in [0.1, 0.15) is 11.1 Å². The summed E-state index contributed by atoms with van der Waals surface area (Å²) < 4.78 is 0. The average molecular weight is 283 g/mol. The van der Waals surface area contributed by atoms with E-state index in [4.69, 9.17) is 23.2 Å². The molecule has 0 nitrogen and oxygen atoms in total. The van der Waals surface area contributed by atoms with Gasteiger partial charge in [-0.1, -0.05) is 41.1 Å². The molecule has 2 aromatic rings. The number of halogens is 2. The Morgan fingerprint density at radius 2 is 1.76 bits per heavy atom. The topological polar surface area (TPSA) is 0 Å². The van der Waals surface area contributed by atoms with Crippen LogP contribution in [0.15, 0.2) is 52.3 Å². The molecule has 2 aromatic carbocycles. The second kappa shape index (κ2) is 5.81. The van der Waals surface area contributed by atoms with Gasteiger partial charge in [0.2, 0.25) is 0 Å². The molecule has 0 atom stereocenters. The molecule has 0 fully saturated rings. The van der Waals surface area contributed by atoms with Crippen LogP contribution in [-0.2, 0) is 5.88 Å². The number of hydrogen-bond donors (Lipinski definition) is 0. The number of rotatable bonds is 3. The summed E-state index contributed by atoms with van der Waals surface area (Å²) in [4.78, 5) is 2.37. The van der Waals surface area contributed by atoms with E-state index in [1.165, 1.54) is 20.9 Å². The van der Waals surface area contributed by atoms with Crippen molar-refractivity contribution >= 4 is 35.0 Å². The van der Waals surface area contributed by atoms with Crippen LogP contribution in [0.4, 0.5) is 0 Å². The van der Waals surface area contributed by atoms with Crippen LogP contribution in [0.5, 0.6) is 0 Å². The van der Waals surface area contributed by atoms with E-state index in [0.717, 1.165) is 5.02 Å². The van der Waals surface area contributed by atoms with Gasteiger partial charge in [-0.15, -0.1) is 11.6 Å². The van der Waals surface area contributed by atoms with Crippen LogP contribution in [0, 0.1) is 6.92 Å². The number of alkyl halides is 1. The standard InChI is InChI=1S/C14H12Cl2S/c1-10-2-7-14(11(8-10)9-15)17-13-5-3-12(16)4-6-13/h2-8H,9H2,1H3. The van der Waals surface area contributed by atoms with Gasteiger partial charge in [-0.2, -0.15) is 0 Å². The molecule has 0 aromatic heterocycles. The van der Waals surface area contributed by atoms with Crippen LogP contribution in [0.3, 0.4) is 0 Å². The minimum absolute atomic E-state index is 0.539. The third-order valence-electron chi connectivity index (χ3n) is 2.40. The first kappa shape index (κ1) is 12.8. The Balaban J connectivity index is 2.26. The molecule has 0 spiro atoms. The molecule has 2 rings (SSSR count). The van der Waals surface area contributed by atoms with E-state index >= 15 is 0 Å². The zero-order valence-electron chi connectivity index (χ0n) is 9.41. The second-order valence-electron chi connectivity index (χ2n) is 3.80. The van der Waals surface area contributed by atoms with Gasteiger partial charge in [-0.05, 0) is 42.8 Å². The van der Waals surface area contributed by atoms with Crippen LogP contribution in [0.25, 0.3) is 0 Å². The highest BCUT2D eigenvalue weighted by molar-refractivity contribution is 7.99. The molecule has 0 radical (unpaired) electrons. The van der Waals surface area contributed by atoms with Gasteiger partial charge in [0, 0.05) is 20.7 Å². The molecular formula is C14H12Cl2S. The molecule has 0 unspecified atom stereocenters. The van der Waals surface area contributed by atoms with Gasteiger partial charge in [0.25, 0.3) is 0 Å². The molecule has 0 bridgehead atoms. The van der Waals surface area contributed by atoms with Gasteiger partial charge in [-0.25, -0.2) is 0 Å². The number of aryl methyl sites for hydroxylation is 1. The molecule has 0 aliphatic heterocycles. The van der Waals surface area contributed by atoms with Crippen LogP contribution >= 0.6 is 35.0 Å². The zero-order valence-corrected chi connectivity index (χ0v) is 11.7. The van der Waals surface area contributed by atoms with Gasteiger partial charge in [0.1, 0.15) is 0 Å². The summed E-state index contributed by atoms with van der Waals surface area (Å²) in [6.07, 6.45) is 0. The molecule has 0 amide bonds. The Hall–Kier alpha value is -0.630. The molecule has 0 heterocycles. The second-order valence-corrected chi connectivity index (χ2v) is 5.62. The smallest absolute Gasteiger partial charge is 0.0485 e. The van der Waals surface area contributed by atoms with Crippen LogP contribution in [0.2, 0.25) is 5.02 Å². The summed E-state index contributed by atoms with van der Waals surface area (Å²) in [6, 6.07) is 14.2. The largest absolute Gasteiger partial charge is 0.122 e. The summed E-state index contributed by atoms with van der Waals surface area (Å²) in [7, 11) is 0. The van der Waals surface area contributed by atoms with E-state index in [1.807, 2.05) is 24.3 Å². The van der Waals surface area contributed by atoms with Crippen molar-refractivity contribution in [3.63, 3.8) is 0 Å². The fourth-order valence-electron chi connectivity index (χ4n) is 1.54. The minimum atomic E-state index is 0.539. The summed E-state index contributed by atoms with van der Waals surface area (Å²) in [5, 5.41) is 0.760. The SMILES string of the molecule is Cc1ccc(Sc2ccc(Cl)cc2)c(CCl)c1. The summed E-state index contributed by atoms with van der Waals surface area (Å²) in [5.74, 6) is 0.539. The highest BCUT2D eigenvalue weighted by Crippen LogP contribution is 2.32. The van der Waals surface area contributed by atoms with E-state index in [2.05, 4.69) is 25.1 Å². The number of benzene rings is 2. The fraction of sp³-hybridized carbons (Fsp3) is 0.143. The van der Waals surface area contributed by atoms with Crippen LogP contribution < -0.4 is 0 Å². The van der Waals surface area contributed by atoms with E-state index in [0.29, 0.717) is 5.88 Å². The number of hydrogen-bond acceptors (Lipinski definition) is 1. The van der Waals surface area contributed by atoms with Crippen molar-refractivity contribution in [3.05, 3.63) is 58.6 Å². The highest BCUT2D eigenvalue weighted by Gasteiger charge is 2.04. The maximum Gasteiger partial charge on any atom is 0.0485 e. The Labute approximate surface area is 116 Å². The first-order chi connectivity index (χ1) is 8.19. The van der Waals surface area contributed by atoms with E-state index in [1.54, 1.807) is 11.8 Å². The lowest BCUT2D eigenvalue weighted by Crippen LogP contribution is -1.85. The monoisotopic (exact) mass is 282 g/mol. The third-order valence-corrected chi connectivity index (χ3v) is 4.07. The highest BCUT2D eigenvalue weighted by atomic mass is 35.5. The van der Waals surface area contributed by atoms with E-state index in [-0.39, 0.29) is 0 Å². The van der Waals surface area contributed by atoms with Gasteiger partial charge >= 0.3 is 0 Å². The summed E-state index contributed by atoms with van der Waals surface area (Å²) in [6.45, 7) is 2.08. The lowest BCUT2D eigenvalue weighted by molar-refractivity contribution is 1.23. The molecule has 17 heavy (non-hydrogen) atoms. The molecule has 3 heteroatoms. The average Bonchev–Trinajstić information content (AvgIpc) is 2.34. The first-order valence-electron chi connectivity index (χ1n) is 5.28. The fourth-order valence-corrected chi connectivity index (χ4v) is 2.89. The lowest BCUT2D eigenvalue weighted by atomic mass is 10.2. The van der Waals surface area contributed by atoms with Gasteiger partial charge in [-0.3, -0.25) is 0 Å². The molecule has 0 aliphatic rings. The van der Waals surface area contributed by atoms with Crippen molar-refractivity contribution in [3.8, 4) is 0 Å². The Bertz CT molecular complexity index is 506. The maximum absolute atomic E-state index is 5.96. The zero-order chi connectivity index (χ0) is 12.3. The summed E-state index contributed by atoms with van der Waals surface area (Å²) >= 11 is 13.5. The molecular weight excluding hydrogens is 271 g/mol. The first-order valence-corrected chi connectivity index (χ1v) is 7.01. The van der Waals surface area contributed by atoms with Crippen molar-refractivity contribution in [2.75, 3.05) is 0 Å². The quantitative estimate of drug-likeness (QED) is 0.666. The van der Waals surface area contributed by atoms with Crippen molar-refractivity contribution in [1.29, 1.82) is 0 Å². The van der Waals surface area contributed by atoms with Gasteiger partial charge < -0.3 is 0 Å². The predicted molar refractivity (Wildman–Crippen MR) is 76.3 cm³/mol. The molecule has 0 N–H and O–H groups in total. The van der Waals surface area contributed by atoms with E-state index < -0.39 is 0 Å². The maximum atomic E-state index is 5.96. The Kier molecular flexibility index (Phi) is 4.38. The Morgan fingerprint density at radius 3 is 2.41 bits per heavy atom. The minimum Gasteiger partial charge on any atom is -0.122 e. The molecule has 0 saturated heterocycles. The van der Waals surface area contributed by atoms with Crippen molar-refractivity contribution < 1.29 is 0 Å². The van der Waals surface area contributed by atoms with Crippen LogP contribution in [-0.4, -0.2) is 0 Å². The third kappa shape index (κ3) is 3.41. The Morgan fingerprint density at radius 1 is 1.06 bits per heavy atom.